The molecule has 0 saturated heterocycles. The molecule has 7 atom stereocenters. The number of carbonyl (C=O) groups is 8. The number of rotatable bonds is 31. The van der Waals surface area contributed by atoms with Crippen LogP contribution in [0.4, 0.5) is 0 Å². The summed E-state index contributed by atoms with van der Waals surface area (Å²) in [5.74, 6) is -6.71. The van der Waals surface area contributed by atoms with Crippen molar-refractivity contribution in [3.63, 3.8) is 0 Å². The number of hydrogen-bond donors (Lipinski definition) is 14. The van der Waals surface area contributed by atoms with Gasteiger partial charge in [-0.2, -0.15) is 0 Å². The number of phenolic OH excluding ortho intramolecular Hbond substituents is 1. The van der Waals surface area contributed by atoms with Crippen LogP contribution in [0.25, 0.3) is 0 Å². The van der Waals surface area contributed by atoms with Gasteiger partial charge in [0.15, 0.2) is 11.9 Å². The van der Waals surface area contributed by atoms with Crippen molar-refractivity contribution in [2.24, 2.45) is 56.2 Å². The maximum Gasteiger partial charge on any atom is 0.243 e. The second-order valence-electron chi connectivity index (χ2n) is 17.3. The van der Waals surface area contributed by atoms with E-state index in [0.29, 0.717) is 24.0 Å². The summed E-state index contributed by atoms with van der Waals surface area (Å²) in [6, 6.07) is 7.83. The van der Waals surface area contributed by atoms with Gasteiger partial charge < -0.3 is 76.7 Å². The van der Waals surface area contributed by atoms with Crippen molar-refractivity contribution < 1.29 is 43.5 Å². The Hall–Kier alpha value is -7.50. The van der Waals surface area contributed by atoms with Crippen molar-refractivity contribution in [1.82, 2.24) is 37.2 Å². The van der Waals surface area contributed by atoms with Gasteiger partial charge in [0.1, 0.15) is 36.0 Å². The molecule has 0 fully saturated rings. The van der Waals surface area contributed by atoms with E-state index >= 15 is 0 Å². The molecule has 0 saturated carbocycles. The number of carbonyl (C=O) groups excluding carboxylic acids is 8. The third kappa shape index (κ3) is 23.0. The van der Waals surface area contributed by atoms with Crippen molar-refractivity contribution in [3.8, 4) is 5.75 Å². The van der Waals surface area contributed by atoms with Crippen LogP contribution in [0, 0.1) is 11.8 Å². The minimum atomic E-state index is -1.28. The molecule has 2 rings (SSSR count). The summed E-state index contributed by atoms with van der Waals surface area (Å²) in [4.78, 5) is 115. The molecule has 0 spiro atoms. The van der Waals surface area contributed by atoms with E-state index in [1.165, 1.54) is 12.1 Å². The summed E-state index contributed by atoms with van der Waals surface area (Å²) in [6.45, 7) is 6.37. The number of primary amides is 1. The molecule has 0 aliphatic heterocycles. The van der Waals surface area contributed by atoms with Crippen molar-refractivity contribution in [2.75, 3.05) is 26.2 Å². The molecule has 24 heteroatoms. The average Bonchev–Trinajstić information content (AvgIpc) is 3.30. The van der Waals surface area contributed by atoms with Crippen LogP contribution in [0.3, 0.4) is 0 Å². The lowest BCUT2D eigenvalue weighted by Gasteiger charge is -2.29. The van der Waals surface area contributed by atoms with Crippen molar-refractivity contribution in [2.45, 2.75) is 115 Å². The first kappa shape index (κ1) is 58.6. The Labute approximate surface area is 408 Å². The second-order valence-corrected chi connectivity index (χ2v) is 17.3. The first-order valence-electron chi connectivity index (χ1n) is 23.1. The van der Waals surface area contributed by atoms with Gasteiger partial charge in [-0.25, -0.2) is 0 Å². The highest BCUT2D eigenvalue weighted by Gasteiger charge is 2.34. The predicted octanol–water partition coefficient (Wildman–Crippen LogP) is -3.15. The number of aliphatic imine (C=N–C) groups is 2. The van der Waals surface area contributed by atoms with Gasteiger partial charge in [-0.05, 0) is 73.6 Å². The Morgan fingerprint density at radius 2 is 1.09 bits per heavy atom. The normalized spacial score (nSPS) is 13.9. The van der Waals surface area contributed by atoms with Gasteiger partial charge in [0.2, 0.25) is 47.3 Å². The van der Waals surface area contributed by atoms with Gasteiger partial charge in [-0.15, -0.1) is 0 Å². The maximum absolute atomic E-state index is 14.2. The van der Waals surface area contributed by atoms with Gasteiger partial charge in [0.25, 0.3) is 0 Å². The van der Waals surface area contributed by atoms with Crippen LogP contribution >= 0.6 is 0 Å². The first-order valence-corrected chi connectivity index (χ1v) is 23.1. The van der Waals surface area contributed by atoms with Crippen LogP contribution in [0.15, 0.2) is 64.6 Å². The number of benzene rings is 2. The van der Waals surface area contributed by atoms with Crippen molar-refractivity contribution in [3.05, 3.63) is 65.7 Å². The topological polar surface area (TPSA) is 422 Å². The summed E-state index contributed by atoms with van der Waals surface area (Å²) in [7, 11) is 0. The van der Waals surface area contributed by atoms with Gasteiger partial charge in [-0.1, -0.05) is 76.6 Å². The Kier molecular flexibility index (Phi) is 25.8. The molecular weight excluding hydrogens is 907 g/mol. The van der Waals surface area contributed by atoms with E-state index in [9.17, 15) is 43.5 Å². The largest absolute Gasteiger partial charge is 0.508 e. The molecule has 0 bridgehead atoms. The van der Waals surface area contributed by atoms with E-state index in [1.807, 2.05) is 13.8 Å². The van der Waals surface area contributed by atoms with E-state index in [2.05, 4.69) is 47.2 Å². The van der Waals surface area contributed by atoms with E-state index in [1.54, 1.807) is 56.3 Å². The minimum absolute atomic E-state index is 0.00501. The molecule has 0 heterocycles. The standard InChI is InChI=1S/C46H73N15O9/c1-5-27(4)38(44(70)58-32(39(48)65)13-9-19-53-45(49)50)61-41(67)33(14-10-20-54-46(51)52)59-42(68)34(21-26(2)3)60-43(69)35(23-28-11-7-6-8-12-28)57-37(64)25-55-36(63)24-56-40(66)31(47)22-29-15-17-30(62)18-16-29/h6-8,11-12,15-18,26-27,31-35,38,62H,5,9-10,13-14,19-25,47H2,1-4H3,(H2,48,65)(H,55,63)(H,56,66)(H,57,64)(H,58,70)(H,59,68)(H,60,69)(H,61,67)(H4,49,50,53)(H4,51,52,54)/t27-,31-,32-,33-,34-,35-,38-/m0/s1. The fraction of sp³-hybridized carbons (Fsp3) is 0.522. The second kappa shape index (κ2) is 30.8. The van der Waals surface area contributed by atoms with Gasteiger partial charge in [-0.3, -0.25) is 48.3 Å². The van der Waals surface area contributed by atoms with Crippen LogP contribution in [-0.2, 0) is 51.2 Å². The van der Waals surface area contributed by atoms with Crippen LogP contribution in [0.5, 0.6) is 5.75 Å². The van der Waals surface area contributed by atoms with E-state index in [0.717, 1.165) is 0 Å². The van der Waals surface area contributed by atoms with Crippen LogP contribution in [-0.4, -0.2) is 127 Å². The van der Waals surface area contributed by atoms with Crippen LogP contribution in [0.2, 0.25) is 0 Å². The zero-order chi connectivity index (χ0) is 52.3. The fourth-order valence-electron chi connectivity index (χ4n) is 6.85. The number of phenols is 1. The number of aromatic hydroxyl groups is 1. The Bertz CT molecular complexity index is 2100. The quantitative estimate of drug-likeness (QED) is 0.0202. The van der Waals surface area contributed by atoms with E-state index in [-0.39, 0.29) is 75.2 Å². The van der Waals surface area contributed by atoms with Gasteiger partial charge in [0.05, 0.1) is 19.1 Å². The smallest absolute Gasteiger partial charge is 0.243 e. The third-order valence-electron chi connectivity index (χ3n) is 10.8. The Morgan fingerprint density at radius 3 is 1.64 bits per heavy atom. The number of guanidine groups is 2. The molecule has 24 nitrogen and oxygen atoms in total. The highest BCUT2D eigenvalue weighted by Crippen LogP contribution is 2.14. The van der Waals surface area contributed by atoms with Crippen LogP contribution in [0.1, 0.15) is 77.3 Å². The molecule has 0 aromatic heterocycles. The summed E-state index contributed by atoms with van der Waals surface area (Å²) in [6.07, 6.45) is 1.28. The Morgan fingerprint density at radius 1 is 0.571 bits per heavy atom. The number of nitrogens with one attached hydrogen (secondary N) is 7. The summed E-state index contributed by atoms with van der Waals surface area (Å²) in [5, 5.41) is 27.7. The molecule has 0 unspecified atom stereocenters. The molecule has 20 N–H and O–H groups in total. The molecule has 8 amide bonds. The first-order chi connectivity index (χ1) is 33.1. The van der Waals surface area contributed by atoms with Gasteiger partial charge in [0, 0.05) is 19.5 Å². The highest BCUT2D eigenvalue weighted by atomic mass is 16.3. The molecule has 70 heavy (non-hydrogen) atoms. The minimum Gasteiger partial charge on any atom is -0.508 e. The molecule has 0 aliphatic rings. The lowest BCUT2D eigenvalue weighted by atomic mass is 9.96. The lowest BCUT2D eigenvalue weighted by molar-refractivity contribution is -0.136. The summed E-state index contributed by atoms with van der Waals surface area (Å²) >= 11 is 0. The highest BCUT2D eigenvalue weighted by molar-refractivity contribution is 5.97. The van der Waals surface area contributed by atoms with Crippen molar-refractivity contribution >= 4 is 59.2 Å². The van der Waals surface area contributed by atoms with E-state index in [4.69, 9.17) is 34.4 Å². The number of amides is 8. The van der Waals surface area contributed by atoms with Gasteiger partial charge >= 0.3 is 0 Å². The molecule has 2 aromatic rings. The predicted molar refractivity (Wildman–Crippen MR) is 264 cm³/mol. The van der Waals surface area contributed by atoms with Crippen LogP contribution < -0.4 is 71.6 Å². The summed E-state index contributed by atoms with van der Waals surface area (Å²) < 4.78 is 0. The molecule has 2 aromatic carbocycles. The molecule has 0 aliphatic carbocycles. The number of nitrogens with two attached hydrogens (primary N) is 6. The molecule has 386 valence electrons. The monoisotopic (exact) mass is 980 g/mol. The number of nitrogens with zero attached hydrogens (tertiary/aromatic N) is 2. The SMILES string of the molecule is CC[C@H](C)[C@H](NC(=O)[C@H](CCCN=C(N)N)NC(=O)[C@H](CC(C)C)NC(=O)[C@H](Cc1ccccc1)NC(=O)CNC(=O)CNC(=O)[C@@H](N)Cc1ccc(O)cc1)C(=O)N[C@@H](CCCN=C(N)N)C(N)=O. The van der Waals surface area contributed by atoms with E-state index < -0.39 is 103 Å². The summed E-state index contributed by atoms with van der Waals surface area (Å²) in [5.41, 5.74) is 34.7. The third-order valence-corrected chi connectivity index (χ3v) is 10.8. The Balaban J connectivity index is 2.26. The molecular formula is C46H73N15O9. The maximum atomic E-state index is 14.2. The average molecular weight is 980 g/mol. The zero-order valence-electron chi connectivity index (χ0n) is 40.4. The number of hydrogen-bond acceptors (Lipinski definition) is 12. The fourth-order valence-corrected chi connectivity index (χ4v) is 6.85. The zero-order valence-corrected chi connectivity index (χ0v) is 40.4. The lowest BCUT2D eigenvalue weighted by Crippen LogP contribution is -2.60. The molecule has 0 radical (unpaired) electrons. The van der Waals surface area contributed by atoms with Crippen molar-refractivity contribution in [1.29, 1.82) is 0 Å².